The number of aromatic nitrogens is 2. The summed E-state index contributed by atoms with van der Waals surface area (Å²) in [7, 11) is 0. The molecule has 2 aromatic rings. The second-order valence-corrected chi connectivity index (χ2v) is 3.18. The Hall–Kier alpha value is -2.63. The normalized spacial score (nSPS) is 8.89. The Morgan fingerprint density at radius 3 is 2.39 bits per heavy atom. The van der Waals surface area contributed by atoms with E-state index in [2.05, 4.69) is 15.3 Å². The van der Waals surface area contributed by atoms with Crippen LogP contribution in [0.2, 0.25) is 0 Å². The van der Waals surface area contributed by atoms with Crippen molar-refractivity contribution in [2.75, 3.05) is 6.54 Å². The van der Waals surface area contributed by atoms with Gasteiger partial charge in [0.25, 0.3) is 5.91 Å². The molecule has 2 rings (SSSR count). The number of aliphatic carboxylic acids is 1. The van der Waals surface area contributed by atoms with Crippen LogP contribution in [0.3, 0.4) is 0 Å². The number of nitrogens with one attached hydrogen (secondary N) is 2. The first-order valence-corrected chi connectivity index (χ1v) is 5.19. The van der Waals surface area contributed by atoms with Crippen LogP contribution < -0.4 is 5.32 Å². The number of amides is 1. The van der Waals surface area contributed by atoms with E-state index in [1.165, 1.54) is 12.3 Å². The van der Waals surface area contributed by atoms with Crippen molar-refractivity contribution in [3.05, 3.63) is 54.6 Å². The highest BCUT2D eigenvalue weighted by Gasteiger charge is 2.06. The Bertz CT molecular complexity index is 451. The van der Waals surface area contributed by atoms with Crippen LogP contribution in [0.1, 0.15) is 10.5 Å². The number of rotatable bonds is 3. The number of carboxylic acids is 1. The summed E-state index contributed by atoms with van der Waals surface area (Å²) in [5, 5.41) is 10.5. The lowest BCUT2D eigenvalue weighted by Crippen LogP contribution is -2.29. The first kappa shape index (κ1) is 13.4. The van der Waals surface area contributed by atoms with Gasteiger partial charge < -0.3 is 15.4 Å². The average molecular weight is 247 g/mol. The molecule has 94 valence electrons. The third kappa shape index (κ3) is 5.45. The number of hydrogen-bond donors (Lipinski definition) is 3. The van der Waals surface area contributed by atoms with Gasteiger partial charge in [0.15, 0.2) is 0 Å². The van der Waals surface area contributed by atoms with Gasteiger partial charge in [-0.1, -0.05) is 6.07 Å². The minimum atomic E-state index is -1.08. The van der Waals surface area contributed by atoms with E-state index in [0.29, 0.717) is 0 Å². The van der Waals surface area contributed by atoms with Crippen molar-refractivity contribution < 1.29 is 14.7 Å². The van der Waals surface area contributed by atoms with Gasteiger partial charge in [0, 0.05) is 18.6 Å². The van der Waals surface area contributed by atoms with Gasteiger partial charge in [-0.15, -0.1) is 0 Å². The van der Waals surface area contributed by atoms with Crippen LogP contribution in [0.5, 0.6) is 0 Å². The predicted octanol–water partition coefficient (Wildman–Crippen LogP) is 0.911. The molecular formula is C12H13N3O3. The molecule has 0 aliphatic heterocycles. The van der Waals surface area contributed by atoms with Gasteiger partial charge in [0.2, 0.25) is 0 Å². The summed E-state index contributed by atoms with van der Waals surface area (Å²) in [6.07, 6.45) is 5.22. The standard InChI is InChI=1S/C8H8N2O3.C4H5N/c11-7(12)5-10-8(13)6-3-1-2-4-9-6;1-2-4-5-3-1/h1-4H,5H2,(H,10,13)(H,11,12);1-5H. The number of carboxylic acid groups (broad SMARTS) is 1. The van der Waals surface area contributed by atoms with Crippen LogP contribution in [0.4, 0.5) is 0 Å². The molecule has 1 amide bonds. The smallest absolute Gasteiger partial charge is 0.322 e. The fourth-order valence-electron chi connectivity index (χ4n) is 1.02. The maximum Gasteiger partial charge on any atom is 0.322 e. The van der Waals surface area contributed by atoms with Gasteiger partial charge in [0.05, 0.1) is 0 Å². The van der Waals surface area contributed by atoms with Gasteiger partial charge >= 0.3 is 5.97 Å². The Morgan fingerprint density at radius 1 is 1.22 bits per heavy atom. The summed E-state index contributed by atoms with van der Waals surface area (Å²) >= 11 is 0. The molecule has 0 atom stereocenters. The van der Waals surface area contributed by atoms with Crippen molar-refractivity contribution in [1.82, 2.24) is 15.3 Å². The molecule has 0 bridgehead atoms. The molecule has 2 aromatic heterocycles. The van der Waals surface area contributed by atoms with Crippen LogP contribution in [0.25, 0.3) is 0 Å². The number of hydrogen-bond acceptors (Lipinski definition) is 3. The molecule has 0 radical (unpaired) electrons. The molecule has 6 heteroatoms. The highest BCUT2D eigenvalue weighted by Crippen LogP contribution is 1.91. The van der Waals surface area contributed by atoms with Crippen LogP contribution in [0, 0.1) is 0 Å². The van der Waals surface area contributed by atoms with E-state index in [4.69, 9.17) is 5.11 Å². The lowest BCUT2D eigenvalue weighted by atomic mass is 10.3. The van der Waals surface area contributed by atoms with E-state index in [0.717, 1.165) is 0 Å². The third-order valence-electron chi connectivity index (χ3n) is 1.79. The molecule has 0 unspecified atom stereocenters. The molecule has 18 heavy (non-hydrogen) atoms. The molecule has 3 N–H and O–H groups in total. The van der Waals surface area contributed by atoms with Crippen LogP contribution in [-0.2, 0) is 4.79 Å². The molecule has 0 fully saturated rings. The van der Waals surface area contributed by atoms with Crippen LogP contribution in [0.15, 0.2) is 48.9 Å². The summed E-state index contributed by atoms with van der Waals surface area (Å²) in [5.74, 6) is -1.56. The number of H-pyrrole nitrogens is 1. The molecule has 2 heterocycles. The summed E-state index contributed by atoms with van der Waals surface area (Å²) < 4.78 is 0. The van der Waals surface area contributed by atoms with Crippen molar-refractivity contribution >= 4 is 11.9 Å². The quantitative estimate of drug-likeness (QED) is 0.751. The maximum atomic E-state index is 11.1. The largest absolute Gasteiger partial charge is 0.480 e. The highest BCUT2D eigenvalue weighted by atomic mass is 16.4. The monoisotopic (exact) mass is 247 g/mol. The Morgan fingerprint density at radius 2 is 1.94 bits per heavy atom. The van der Waals surface area contributed by atoms with E-state index in [1.54, 1.807) is 12.1 Å². The van der Waals surface area contributed by atoms with Crippen LogP contribution in [-0.4, -0.2) is 33.5 Å². The molecule has 0 spiro atoms. The number of aromatic amines is 1. The molecule has 0 aromatic carbocycles. The van der Waals surface area contributed by atoms with Gasteiger partial charge in [0.1, 0.15) is 12.2 Å². The topological polar surface area (TPSA) is 95.1 Å². The second-order valence-electron chi connectivity index (χ2n) is 3.18. The van der Waals surface area contributed by atoms with Crippen molar-refractivity contribution in [3.63, 3.8) is 0 Å². The first-order valence-electron chi connectivity index (χ1n) is 5.19. The fourth-order valence-corrected chi connectivity index (χ4v) is 1.02. The zero-order valence-corrected chi connectivity index (χ0v) is 9.54. The SMILES string of the molecule is O=C(O)CNC(=O)c1ccccn1.c1cc[nH]c1. The first-order chi connectivity index (χ1) is 8.70. The number of pyridine rings is 1. The van der Waals surface area contributed by atoms with E-state index in [-0.39, 0.29) is 5.69 Å². The zero-order chi connectivity index (χ0) is 13.2. The number of nitrogens with zero attached hydrogens (tertiary/aromatic N) is 1. The molecule has 0 saturated carbocycles. The van der Waals surface area contributed by atoms with E-state index < -0.39 is 18.4 Å². The summed E-state index contributed by atoms with van der Waals surface area (Å²) in [5.41, 5.74) is 0.212. The summed E-state index contributed by atoms with van der Waals surface area (Å²) in [6.45, 7) is -0.393. The van der Waals surface area contributed by atoms with Gasteiger partial charge in [-0.25, -0.2) is 0 Å². The summed E-state index contributed by atoms with van der Waals surface area (Å²) in [4.78, 5) is 27.8. The maximum absolute atomic E-state index is 11.1. The second kappa shape index (κ2) is 7.61. The third-order valence-corrected chi connectivity index (χ3v) is 1.79. The molecule has 6 nitrogen and oxygen atoms in total. The fraction of sp³-hybridized carbons (Fsp3) is 0.0833. The van der Waals surface area contributed by atoms with Gasteiger partial charge in [-0.3, -0.25) is 14.6 Å². The minimum Gasteiger partial charge on any atom is -0.480 e. The molecule has 0 aliphatic rings. The lowest BCUT2D eigenvalue weighted by Gasteiger charge is -1.99. The minimum absolute atomic E-state index is 0.212. The van der Waals surface area contributed by atoms with E-state index in [1.807, 2.05) is 24.5 Å². The van der Waals surface area contributed by atoms with Crippen molar-refractivity contribution in [1.29, 1.82) is 0 Å². The lowest BCUT2D eigenvalue weighted by molar-refractivity contribution is -0.135. The molecular weight excluding hydrogens is 234 g/mol. The van der Waals surface area contributed by atoms with E-state index >= 15 is 0 Å². The Balaban J connectivity index is 0.000000269. The van der Waals surface area contributed by atoms with Gasteiger partial charge in [-0.05, 0) is 24.3 Å². The number of carbonyl (C=O) groups excluding carboxylic acids is 1. The molecule has 0 aliphatic carbocycles. The van der Waals surface area contributed by atoms with Crippen LogP contribution >= 0.6 is 0 Å². The Labute approximate surface area is 104 Å². The van der Waals surface area contributed by atoms with Crippen molar-refractivity contribution in [2.45, 2.75) is 0 Å². The summed E-state index contributed by atoms with van der Waals surface area (Å²) in [6, 6.07) is 8.73. The predicted molar refractivity (Wildman–Crippen MR) is 65.0 cm³/mol. The Kier molecular flexibility index (Phi) is 5.68. The highest BCUT2D eigenvalue weighted by molar-refractivity contribution is 5.93. The van der Waals surface area contributed by atoms with Crippen molar-refractivity contribution in [2.24, 2.45) is 0 Å². The average Bonchev–Trinajstić information content (AvgIpc) is 2.96. The molecule has 0 saturated heterocycles. The number of carbonyl (C=O) groups is 2. The van der Waals surface area contributed by atoms with E-state index in [9.17, 15) is 9.59 Å². The zero-order valence-electron chi connectivity index (χ0n) is 9.54. The van der Waals surface area contributed by atoms with Crippen molar-refractivity contribution in [3.8, 4) is 0 Å². The van der Waals surface area contributed by atoms with Gasteiger partial charge in [-0.2, -0.15) is 0 Å².